The first-order valence-corrected chi connectivity index (χ1v) is 10.4. The lowest BCUT2D eigenvalue weighted by Gasteiger charge is -2.40. The summed E-state index contributed by atoms with van der Waals surface area (Å²) in [6.07, 6.45) is 0.949. The van der Waals surface area contributed by atoms with Crippen LogP contribution in [0.15, 0.2) is 53.5 Å². The Morgan fingerprint density at radius 1 is 1.13 bits per heavy atom. The number of benzene rings is 2. The Labute approximate surface area is 179 Å². The summed E-state index contributed by atoms with van der Waals surface area (Å²) in [6.45, 7) is 4.86. The molecule has 1 aliphatic rings. The second kappa shape index (κ2) is 10.8. The lowest BCUT2D eigenvalue weighted by atomic mass is 10.0. The molecule has 0 aromatic heterocycles. The number of methoxy groups -OCH3 is 2. The Morgan fingerprint density at radius 3 is 2.67 bits per heavy atom. The van der Waals surface area contributed by atoms with E-state index in [9.17, 15) is 0 Å². The predicted octanol–water partition coefficient (Wildman–Crippen LogP) is 2.81. The minimum atomic E-state index is 0.375. The van der Waals surface area contributed by atoms with Crippen molar-refractivity contribution < 1.29 is 9.47 Å². The Balaban J connectivity index is 1.54. The number of hydrogen-bond donors (Lipinski definition) is 2. The summed E-state index contributed by atoms with van der Waals surface area (Å²) in [5.41, 5.74) is 8.21. The Hall–Kier alpha value is -2.77. The predicted molar refractivity (Wildman–Crippen MR) is 123 cm³/mol. The maximum atomic E-state index is 6.10. The Morgan fingerprint density at radius 2 is 1.93 bits per heavy atom. The van der Waals surface area contributed by atoms with Gasteiger partial charge < -0.3 is 25.4 Å². The van der Waals surface area contributed by atoms with Crippen molar-refractivity contribution in [2.75, 3.05) is 59.3 Å². The minimum Gasteiger partial charge on any atom is -0.497 e. The third-order valence-corrected chi connectivity index (χ3v) is 5.43. The van der Waals surface area contributed by atoms with Gasteiger partial charge in [0.15, 0.2) is 5.96 Å². The van der Waals surface area contributed by atoms with E-state index >= 15 is 0 Å². The van der Waals surface area contributed by atoms with Crippen molar-refractivity contribution in [3.05, 3.63) is 54.1 Å². The highest BCUT2D eigenvalue weighted by Crippen LogP contribution is 2.28. The molecule has 2 aromatic rings. The van der Waals surface area contributed by atoms with Gasteiger partial charge in [-0.1, -0.05) is 30.3 Å². The highest BCUT2D eigenvalue weighted by atomic mass is 16.5. The number of likely N-dealkylation sites (N-methyl/N-ethyl adjacent to an activating group) is 1. The van der Waals surface area contributed by atoms with Crippen LogP contribution in [-0.2, 0) is 0 Å². The van der Waals surface area contributed by atoms with Crippen LogP contribution in [0.25, 0.3) is 0 Å². The highest BCUT2D eigenvalue weighted by molar-refractivity contribution is 5.94. The van der Waals surface area contributed by atoms with Crippen LogP contribution in [0.4, 0.5) is 5.69 Å². The topological polar surface area (TPSA) is 75.3 Å². The third kappa shape index (κ3) is 5.87. The number of nitrogens with two attached hydrogens (primary N) is 1. The van der Waals surface area contributed by atoms with Crippen molar-refractivity contribution in [1.29, 1.82) is 0 Å². The Kier molecular flexibility index (Phi) is 7.93. The second-order valence-electron chi connectivity index (χ2n) is 7.54. The van der Waals surface area contributed by atoms with Crippen LogP contribution in [0.3, 0.4) is 0 Å². The number of aliphatic imine (C=N–C) groups is 1. The van der Waals surface area contributed by atoms with Gasteiger partial charge in [0.25, 0.3) is 0 Å². The maximum Gasteiger partial charge on any atom is 0.193 e. The highest BCUT2D eigenvalue weighted by Gasteiger charge is 2.25. The summed E-state index contributed by atoms with van der Waals surface area (Å²) in [4.78, 5) is 9.45. The van der Waals surface area contributed by atoms with E-state index in [2.05, 4.69) is 57.5 Å². The maximum absolute atomic E-state index is 6.10. The number of nitrogens with one attached hydrogen (secondary N) is 1. The van der Waals surface area contributed by atoms with E-state index in [0.717, 1.165) is 44.0 Å². The lowest BCUT2D eigenvalue weighted by molar-refractivity contribution is 0.0894. The molecular formula is C23H33N5O2. The molecule has 3 N–H and O–H groups in total. The van der Waals surface area contributed by atoms with E-state index in [1.807, 2.05) is 18.2 Å². The summed E-state index contributed by atoms with van der Waals surface area (Å²) in [7, 11) is 5.44. The van der Waals surface area contributed by atoms with E-state index in [4.69, 9.17) is 15.2 Å². The fraction of sp³-hybridized carbons (Fsp3) is 0.435. The molecule has 7 heteroatoms. The van der Waals surface area contributed by atoms with Crippen molar-refractivity contribution in [1.82, 2.24) is 9.80 Å². The first-order chi connectivity index (χ1) is 14.6. The van der Waals surface area contributed by atoms with Gasteiger partial charge in [0.05, 0.1) is 19.9 Å². The van der Waals surface area contributed by atoms with Crippen LogP contribution in [0, 0.1) is 0 Å². The fourth-order valence-electron chi connectivity index (χ4n) is 3.78. The SMILES string of the molecule is COc1ccc(OC)c(NC(N)=NCCCN2CCN(C)CC2c2ccccc2)c1. The van der Waals surface area contributed by atoms with E-state index in [1.165, 1.54) is 5.56 Å². The molecule has 1 atom stereocenters. The molecule has 0 bridgehead atoms. The van der Waals surface area contributed by atoms with Gasteiger partial charge in [-0.25, -0.2) is 0 Å². The minimum absolute atomic E-state index is 0.375. The lowest BCUT2D eigenvalue weighted by Crippen LogP contribution is -2.47. The molecule has 162 valence electrons. The normalized spacial score (nSPS) is 18.2. The van der Waals surface area contributed by atoms with Gasteiger partial charge in [-0.3, -0.25) is 9.89 Å². The summed E-state index contributed by atoms with van der Waals surface area (Å²) < 4.78 is 10.6. The van der Waals surface area contributed by atoms with Gasteiger partial charge in [0, 0.05) is 44.8 Å². The van der Waals surface area contributed by atoms with Gasteiger partial charge in [0.2, 0.25) is 0 Å². The van der Waals surface area contributed by atoms with Crippen molar-refractivity contribution in [3.63, 3.8) is 0 Å². The quantitative estimate of drug-likeness (QED) is 0.395. The molecule has 7 nitrogen and oxygen atoms in total. The summed E-state index contributed by atoms with van der Waals surface area (Å²) in [5, 5.41) is 3.12. The zero-order chi connectivity index (χ0) is 21.3. The van der Waals surface area contributed by atoms with Gasteiger partial charge in [-0.05, 0) is 31.2 Å². The molecule has 2 aromatic carbocycles. The molecule has 1 unspecified atom stereocenters. The molecule has 1 saturated heterocycles. The number of anilines is 1. The summed E-state index contributed by atoms with van der Waals surface area (Å²) in [6, 6.07) is 16.7. The van der Waals surface area contributed by atoms with Crippen LogP contribution in [0.2, 0.25) is 0 Å². The van der Waals surface area contributed by atoms with Crippen molar-refractivity contribution in [2.24, 2.45) is 10.7 Å². The van der Waals surface area contributed by atoms with Crippen LogP contribution >= 0.6 is 0 Å². The molecule has 0 saturated carbocycles. The molecule has 0 amide bonds. The fourth-order valence-corrected chi connectivity index (χ4v) is 3.78. The standard InChI is InChI=1S/C23H33N5O2/c1-27-14-15-28(21(17-27)18-8-5-4-6-9-18)13-7-12-25-23(24)26-20-16-19(29-2)10-11-22(20)30-3/h4-6,8-11,16,21H,7,12-15,17H2,1-3H3,(H3,24,25,26). The molecule has 0 radical (unpaired) electrons. The second-order valence-corrected chi connectivity index (χ2v) is 7.54. The third-order valence-electron chi connectivity index (χ3n) is 5.43. The molecule has 1 heterocycles. The molecule has 1 aliphatic heterocycles. The number of rotatable bonds is 8. The van der Waals surface area contributed by atoms with Gasteiger partial charge >= 0.3 is 0 Å². The van der Waals surface area contributed by atoms with Crippen molar-refractivity contribution >= 4 is 11.6 Å². The smallest absolute Gasteiger partial charge is 0.193 e. The van der Waals surface area contributed by atoms with Crippen molar-refractivity contribution in [2.45, 2.75) is 12.5 Å². The zero-order valence-electron chi connectivity index (χ0n) is 18.2. The number of piperazine rings is 1. The molecule has 3 rings (SSSR count). The molecule has 0 spiro atoms. The van der Waals surface area contributed by atoms with E-state index in [1.54, 1.807) is 14.2 Å². The average molecular weight is 412 g/mol. The van der Waals surface area contributed by atoms with E-state index in [-0.39, 0.29) is 0 Å². The monoisotopic (exact) mass is 411 g/mol. The first kappa shape index (κ1) is 21.9. The number of guanidine groups is 1. The molecule has 30 heavy (non-hydrogen) atoms. The largest absolute Gasteiger partial charge is 0.497 e. The molecular weight excluding hydrogens is 378 g/mol. The number of nitrogens with zero attached hydrogens (tertiary/aromatic N) is 3. The molecule has 0 aliphatic carbocycles. The van der Waals surface area contributed by atoms with Crippen LogP contribution in [0.5, 0.6) is 11.5 Å². The van der Waals surface area contributed by atoms with Gasteiger partial charge in [0.1, 0.15) is 11.5 Å². The number of hydrogen-bond acceptors (Lipinski definition) is 5. The average Bonchev–Trinajstić information content (AvgIpc) is 2.78. The summed E-state index contributed by atoms with van der Waals surface area (Å²) >= 11 is 0. The van der Waals surface area contributed by atoms with E-state index in [0.29, 0.717) is 24.3 Å². The van der Waals surface area contributed by atoms with Crippen LogP contribution < -0.4 is 20.5 Å². The number of ether oxygens (including phenoxy) is 2. The van der Waals surface area contributed by atoms with Crippen LogP contribution in [-0.4, -0.2) is 69.8 Å². The van der Waals surface area contributed by atoms with Crippen molar-refractivity contribution in [3.8, 4) is 11.5 Å². The van der Waals surface area contributed by atoms with Gasteiger partial charge in [-0.15, -0.1) is 0 Å². The van der Waals surface area contributed by atoms with Crippen LogP contribution in [0.1, 0.15) is 18.0 Å². The Bertz CT molecular complexity index is 828. The molecule has 1 fully saturated rings. The van der Waals surface area contributed by atoms with Gasteiger partial charge in [-0.2, -0.15) is 0 Å². The summed E-state index contributed by atoms with van der Waals surface area (Å²) in [5.74, 6) is 1.80. The zero-order valence-corrected chi connectivity index (χ0v) is 18.2. The first-order valence-electron chi connectivity index (χ1n) is 10.4. The van der Waals surface area contributed by atoms with E-state index < -0.39 is 0 Å².